The van der Waals surface area contributed by atoms with Crippen molar-refractivity contribution in [2.24, 2.45) is 11.7 Å². The van der Waals surface area contributed by atoms with Crippen molar-refractivity contribution in [3.63, 3.8) is 0 Å². The van der Waals surface area contributed by atoms with Crippen LogP contribution in [0.3, 0.4) is 0 Å². The SMILES string of the molecule is NCCC1CCN(C(=O)c2cccc(OC(F)F)c2)C1. The topological polar surface area (TPSA) is 55.6 Å². The van der Waals surface area contributed by atoms with Gasteiger partial charge in [-0.25, -0.2) is 0 Å². The molecule has 1 heterocycles. The van der Waals surface area contributed by atoms with Gasteiger partial charge in [-0.05, 0) is 43.5 Å². The molecule has 0 radical (unpaired) electrons. The third-order valence-electron chi connectivity index (χ3n) is 3.45. The molecule has 0 saturated carbocycles. The summed E-state index contributed by atoms with van der Waals surface area (Å²) < 4.78 is 28.6. The molecule has 1 aromatic carbocycles. The molecular formula is C14H18F2N2O2. The van der Waals surface area contributed by atoms with E-state index in [0.717, 1.165) is 12.8 Å². The molecular weight excluding hydrogens is 266 g/mol. The summed E-state index contributed by atoms with van der Waals surface area (Å²) in [5, 5.41) is 0. The third-order valence-corrected chi connectivity index (χ3v) is 3.45. The maximum atomic E-state index is 12.3. The molecule has 1 fully saturated rings. The van der Waals surface area contributed by atoms with Gasteiger partial charge >= 0.3 is 6.61 Å². The van der Waals surface area contributed by atoms with E-state index in [0.29, 0.717) is 31.1 Å². The number of likely N-dealkylation sites (tertiary alicyclic amines) is 1. The summed E-state index contributed by atoms with van der Waals surface area (Å²) in [4.78, 5) is 14.0. The average Bonchev–Trinajstić information content (AvgIpc) is 2.86. The molecule has 20 heavy (non-hydrogen) atoms. The molecule has 1 aliphatic rings. The van der Waals surface area contributed by atoms with Crippen LogP contribution in [0.25, 0.3) is 0 Å². The highest BCUT2D eigenvalue weighted by Gasteiger charge is 2.26. The van der Waals surface area contributed by atoms with Gasteiger partial charge < -0.3 is 15.4 Å². The number of alkyl halides is 2. The van der Waals surface area contributed by atoms with Crippen molar-refractivity contribution in [2.45, 2.75) is 19.5 Å². The number of hydrogen-bond acceptors (Lipinski definition) is 3. The van der Waals surface area contributed by atoms with Crippen LogP contribution in [0.5, 0.6) is 5.75 Å². The molecule has 1 saturated heterocycles. The molecule has 1 atom stereocenters. The van der Waals surface area contributed by atoms with Gasteiger partial charge in [-0.3, -0.25) is 4.79 Å². The van der Waals surface area contributed by atoms with Crippen LogP contribution in [-0.4, -0.2) is 37.1 Å². The van der Waals surface area contributed by atoms with Crippen molar-refractivity contribution >= 4 is 5.91 Å². The van der Waals surface area contributed by atoms with E-state index in [4.69, 9.17) is 5.73 Å². The predicted molar refractivity (Wildman–Crippen MR) is 70.8 cm³/mol. The van der Waals surface area contributed by atoms with Gasteiger partial charge in [-0.1, -0.05) is 6.07 Å². The maximum absolute atomic E-state index is 12.3. The first-order valence-electron chi connectivity index (χ1n) is 6.64. The van der Waals surface area contributed by atoms with Gasteiger partial charge in [0.05, 0.1) is 0 Å². The summed E-state index contributed by atoms with van der Waals surface area (Å²) in [6.45, 7) is -0.912. The zero-order chi connectivity index (χ0) is 14.5. The number of carbonyl (C=O) groups is 1. The minimum Gasteiger partial charge on any atom is -0.435 e. The lowest BCUT2D eigenvalue weighted by molar-refractivity contribution is -0.0499. The maximum Gasteiger partial charge on any atom is 0.387 e. The number of nitrogens with two attached hydrogens (primary N) is 1. The fourth-order valence-corrected chi connectivity index (χ4v) is 2.48. The molecule has 0 bridgehead atoms. The second kappa shape index (κ2) is 6.65. The second-order valence-electron chi connectivity index (χ2n) is 4.89. The predicted octanol–water partition coefficient (Wildman–Crippen LogP) is 2.10. The summed E-state index contributed by atoms with van der Waals surface area (Å²) in [6.07, 6.45) is 1.84. The van der Waals surface area contributed by atoms with Crippen LogP contribution < -0.4 is 10.5 Å². The van der Waals surface area contributed by atoms with Crippen LogP contribution in [-0.2, 0) is 0 Å². The molecule has 1 aromatic rings. The Bertz CT molecular complexity index is 468. The van der Waals surface area contributed by atoms with E-state index in [2.05, 4.69) is 4.74 Å². The highest BCUT2D eigenvalue weighted by atomic mass is 19.3. The highest BCUT2D eigenvalue weighted by molar-refractivity contribution is 5.94. The number of nitrogens with zero attached hydrogens (tertiary/aromatic N) is 1. The lowest BCUT2D eigenvalue weighted by atomic mass is 10.1. The van der Waals surface area contributed by atoms with Gasteiger partial charge in [0.15, 0.2) is 0 Å². The first kappa shape index (κ1) is 14.7. The van der Waals surface area contributed by atoms with Gasteiger partial charge in [0.1, 0.15) is 5.75 Å². The van der Waals surface area contributed by atoms with Crippen LogP contribution in [0, 0.1) is 5.92 Å². The molecule has 4 nitrogen and oxygen atoms in total. The molecule has 0 aliphatic carbocycles. The van der Waals surface area contributed by atoms with E-state index in [1.807, 2.05) is 0 Å². The summed E-state index contributed by atoms with van der Waals surface area (Å²) in [5.41, 5.74) is 5.89. The molecule has 0 spiro atoms. The standard InChI is InChI=1S/C14H18F2N2O2/c15-14(16)20-12-3-1-2-11(8-12)13(19)18-7-5-10(9-18)4-6-17/h1-3,8,10,14H,4-7,9,17H2. The van der Waals surface area contributed by atoms with Crippen molar-refractivity contribution in [2.75, 3.05) is 19.6 Å². The molecule has 6 heteroatoms. The molecule has 110 valence electrons. The Kier molecular flexibility index (Phi) is 4.89. The minimum atomic E-state index is -2.89. The lowest BCUT2D eigenvalue weighted by Crippen LogP contribution is -2.29. The molecule has 0 aromatic heterocycles. The van der Waals surface area contributed by atoms with Crippen LogP contribution >= 0.6 is 0 Å². The third kappa shape index (κ3) is 3.66. The smallest absolute Gasteiger partial charge is 0.387 e. The number of hydrogen-bond donors (Lipinski definition) is 1. The average molecular weight is 284 g/mol. The van der Waals surface area contributed by atoms with Crippen molar-refractivity contribution in [3.05, 3.63) is 29.8 Å². The van der Waals surface area contributed by atoms with E-state index in [-0.39, 0.29) is 11.7 Å². The number of ether oxygens (including phenoxy) is 1. The largest absolute Gasteiger partial charge is 0.435 e. The Balaban J connectivity index is 2.02. The Labute approximate surface area is 116 Å². The van der Waals surface area contributed by atoms with E-state index in [1.54, 1.807) is 17.0 Å². The van der Waals surface area contributed by atoms with E-state index in [9.17, 15) is 13.6 Å². The van der Waals surface area contributed by atoms with Gasteiger partial charge in [0.25, 0.3) is 5.91 Å². The van der Waals surface area contributed by atoms with Gasteiger partial charge in [-0.15, -0.1) is 0 Å². The Morgan fingerprint density at radius 2 is 2.30 bits per heavy atom. The Morgan fingerprint density at radius 1 is 1.50 bits per heavy atom. The molecule has 1 unspecified atom stereocenters. The number of halogens is 2. The van der Waals surface area contributed by atoms with Crippen LogP contribution in [0.2, 0.25) is 0 Å². The van der Waals surface area contributed by atoms with Gasteiger partial charge in [0, 0.05) is 18.7 Å². The normalized spacial score (nSPS) is 18.6. The zero-order valence-electron chi connectivity index (χ0n) is 11.1. The summed E-state index contributed by atoms with van der Waals surface area (Å²) in [5.74, 6) is 0.289. The van der Waals surface area contributed by atoms with E-state index >= 15 is 0 Å². The number of amides is 1. The first-order chi connectivity index (χ1) is 9.60. The fraction of sp³-hybridized carbons (Fsp3) is 0.500. The molecule has 1 aliphatic heterocycles. The zero-order valence-corrected chi connectivity index (χ0v) is 11.1. The van der Waals surface area contributed by atoms with Crippen molar-refractivity contribution < 1.29 is 18.3 Å². The summed E-state index contributed by atoms with van der Waals surface area (Å²) >= 11 is 0. The van der Waals surface area contributed by atoms with Gasteiger partial charge in [0.2, 0.25) is 0 Å². The number of rotatable bonds is 5. The van der Waals surface area contributed by atoms with Crippen molar-refractivity contribution in [1.82, 2.24) is 4.90 Å². The van der Waals surface area contributed by atoms with Crippen molar-refractivity contribution in [3.8, 4) is 5.75 Å². The molecule has 1 amide bonds. The summed E-state index contributed by atoms with van der Waals surface area (Å²) in [7, 11) is 0. The van der Waals surface area contributed by atoms with Crippen LogP contribution in [0.4, 0.5) is 8.78 Å². The monoisotopic (exact) mass is 284 g/mol. The van der Waals surface area contributed by atoms with E-state index < -0.39 is 6.61 Å². The number of benzene rings is 1. The van der Waals surface area contributed by atoms with E-state index in [1.165, 1.54) is 12.1 Å². The van der Waals surface area contributed by atoms with Gasteiger partial charge in [-0.2, -0.15) is 8.78 Å². The highest BCUT2D eigenvalue weighted by Crippen LogP contribution is 2.23. The van der Waals surface area contributed by atoms with Crippen molar-refractivity contribution in [1.29, 1.82) is 0 Å². The Hall–Kier alpha value is -1.69. The minimum absolute atomic E-state index is 0.00329. The van der Waals surface area contributed by atoms with Crippen LogP contribution in [0.15, 0.2) is 24.3 Å². The Morgan fingerprint density at radius 3 is 3.00 bits per heavy atom. The summed E-state index contributed by atoms with van der Waals surface area (Å²) in [6, 6.07) is 5.91. The second-order valence-corrected chi connectivity index (χ2v) is 4.89. The quantitative estimate of drug-likeness (QED) is 0.901. The molecule has 2 N–H and O–H groups in total. The molecule has 2 rings (SSSR count). The first-order valence-corrected chi connectivity index (χ1v) is 6.64. The lowest BCUT2D eigenvalue weighted by Gasteiger charge is -2.17. The fourth-order valence-electron chi connectivity index (χ4n) is 2.48. The van der Waals surface area contributed by atoms with Crippen LogP contribution in [0.1, 0.15) is 23.2 Å². The number of carbonyl (C=O) groups excluding carboxylic acids is 1.